The summed E-state index contributed by atoms with van der Waals surface area (Å²) in [5.41, 5.74) is 0.0361. The van der Waals surface area contributed by atoms with Crippen molar-refractivity contribution in [2.75, 3.05) is 7.05 Å². The fourth-order valence-electron chi connectivity index (χ4n) is 2.54. The minimum absolute atomic E-state index is 0.102. The minimum atomic E-state index is -4.48. The second-order valence-corrected chi connectivity index (χ2v) is 5.18. The van der Waals surface area contributed by atoms with E-state index in [-0.39, 0.29) is 17.0 Å². The number of nitrogens with one attached hydrogen (secondary N) is 1. The average Bonchev–Trinajstić information content (AvgIpc) is 2.91. The molecule has 1 aromatic heterocycles. The van der Waals surface area contributed by atoms with Gasteiger partial charge in [-0.2, -0.15) is 13.2 Å². The Morgan fingerprint density at radius 3 is 2.50 bits per heavy atom. The van der Waals surface area contributed by atoms with E-state index < -0.39 is 23.6 Å². The third-order valence-electron chi connectivity index (χ3n) is 3.66. The molecule has 1 unspecified atom stereocenters. The number of ketones is 1. The summed E-state index contributed by atoms with van der Waals surface area (Å²) in [6.45, 7) is 0. The smallest absolute Gasteiger partial charge is 0.416 e. The van der Waals surface area contributed by atoms with Crippen LogP contribution in [0, 0.1) is 0 Å². The topological polar surface area (TPSA) is 51.2 Å². The molecule has 2 heterocycles. The van der Waals surface area contributed by atoms with Crippen LogP contribution in [-0.4, -0.2) is 17.8 Å². The van der Waals surface area contributed by atoms with Crippen LogP contribution in [0.25, 0.3) is 5.57 Å². The standard InChI is InChI=1S/C17H13F3N2O2/c1-21-16-13(11-3-2-4-12(9-11)17(18,19)20)14(23)15(24-16)10-5-7-22-8-6-10/h2-9,15,21H,1H3. The van der Waals surface area contributed by atoms with Gasteiger partial charge in [-0.25, -0.2) is 0 Å². The fraction of sp³-hybridized carbons (Fsp3) is 0.176. The lowest BCUT2D eigenvalue weighted by atomic mass is 9.96. The first kappa shape index (κ1) is 16.0. The lowest BCUT2D eigenvalue weighted by molar-refractivity contribution is -0.137. The van der Waals surface area contributed by atoms with Gasteiger partial charge in [-0.05, 0) is 29.8 Å². The number of nitrogens with zero attached hydrogens (tertiary/aromatic N) is 1. The van der Waals surface area contributed by atoms with Crippen molar-refractivity contribution in [3.63, 3.8) is 0 Å². The predicted octanol–water partition coefficient (Wildman–Crippen LogP) is 3.33. The number of aromatic nitrogens is 1. The van der Waals surface area contributed by atoms with E-state index >= 15 is 0 Å². The first-order valence-corrected chi connectivity index (χ1v) is 7.12. The Hall–Kier alpha value is -2.83. The number of hydrogen-bond acceptors (Lipinski definition) is 4. The molecule has 1 aliphatic rings. The number of benzene rings is 1. The van der Waals surface area contributed by atoms with Gasteiger partial charge in [0.15, 0.2) is 12.0 Å². The van der Waals surface area contributed by atoms with Crippen molar-refractivity contribution in [1.29, 1.82) is 0 Å². The van der Waals surface area contributed by atoms with Gasteiger partial charge in [-0.3, -0.25) is 9.78 Å². The molecule has 0 spiro atoms. The Kier molecular flexibility index (Phi) is 4.01. The number of Topliss-reactive ketones (excluding diaryl/α,β-unsaturated/α-hetero) is 1. The number of alkyl halides is 3. The van der Waals surface area contributed by atoms with Crippen LogP contribution in [-0.2, 0) is 15.7 Å². The summed E-state index contributed by atoms with van der Waals surface area (Å²) < 4.78 is 44.4. The fourth-order valence-corrected chi connectivity index (χ4v) is 2.54. The van der Waals surface area contributed by atoms with Gasteiger partial charge < -0.3 is 10.1 Å². The van der Waals surface area contributed by atoms with Crippen molar-refractivity contribution >= 4 is 11.4 Å². The van der Waals surface area contributed by atoms with Gasteiger partial charge >= 0.3 is 6.18 Å². The number of rotatable bonds is 3. The van der Waals surface area contributed by atoms with Crippen LogP contribution in [0.5, 0.6) is 0 Å². The second kappa shape index (κ2) is 5.99. The zero-order valence-corrected chi connectivity index (χ0v) is 12.6. The number of pyridine rings is 1. The Morgan fingerprint density at radius 1 is 1.17 bits per heavy atom. The zero-order valence-electron chi connectivity index (χ0n) is 12.6. The third-order valence-corrected chi connectivity index (χ3v) is 3.66. The highest BCUT2D eigenvalue weighted by Crippen LogP contribution is 2.38. The molecule has 1 aromatic carbocycles. The molecule has 0 bridgehead atoms. The van der Waals surface area contributed by atoms with Gasteiger partial charge in [-0.1, -0.05) is 12.1 Å². The lowest BCUT2D eigenvalue weighted by Crippen LogP contribution is -2.10. The highest BCUT2D eigenvalue weighted by Gasteiger charge is 2.38. The van der Waals surface area contributed by atoms with Gasteiger partial charge in [0.25, 0.3) is 0 Å². The molecule has 0 radical (unpaired) electrons. The molecule has 124 valence electrons. The zero-order chi connectivity index (χ0) is 17.3. The Balaban J connectivity index is 2.02. The van der Waals surface area contributed by atoms with Crippen LogP contribution in [0.3, 0.4) is 0 Å². The first-order chi connectivity index (χ1) is 11.4. The monoisotopic (exact) mass is 334 g/mol. The molecule has 24 heavy (non-hydrogen) atoms. The summed E-state index contributed by atoms with van der Waals surface area (Å²) in [5.74, 6) is -0.244. The first-order valence-electron chi connectivity index (χ1n) is 7.12. The summed E-state index contributed by atoms with van der Waals surface area (Å²) in [7, 11) is 1.55. The van der Waals surface area contributed by atoms with E-state index in [0.29, 0.717) is 5.56 Å². The largest absolute Gasteiger partial charge is 0.462 e. The number of ether oxygens (including phenoxy) is 1. The van der Waals surface area contributed by atoms with Crippen LogP contribution < -0.4 is 5.32 Å². The quantitative estimate of drug-likeness (QED) is 0.935. The molecule has 3 rings (SSSR count). The normalized spacial score (nSPS) is 17.8. The molecule has 1 N–H and O–H groups in total. The molecule has 1 atom stereocenters. The SMILES string of the molecule is CNC1=C(c2cccc(C(F)(F)F)c2)C(=O)C(c2ccncc2)O1. The van der Waals surface area contributed by atoms with Crippen molar-refractivity contribution in [3.8, 4) is 0 Å². The predicted molar refractivity (Wildman–Crippen MR) is 80.5 cm³/mol. The molecule has 4 nitrogen and oxygen atoms in total. The van der Waals surface area contributed by atoms with Crippen LogP contribution in [0.15, 0.2) is 54.7 Å². The number of carbonyl (C=O) groups excluding carboxylic acids is 1. The summed E-state index contributed by atoms with van der Waals surface area (Å²) >= 11 is 0. The van der Waals surface area contributed by atoms with Gasteiger partial charge in [0.05, 0.1) is 11.1 Å². The van der Waals surface area contributed by atoms with Crippen LogP contribution in [0.1, 0.15) is 22.8 Å². The van der Waals surface area contributed by atoms with E-state index in [1.54, 1.807) is 19.2 Å². The van der Waals surface area contributed by atoms with E-state index in [9.17, 15) is 18.0 Å². The van der Waals surface area contributed by atoms with Gasteiger partial charge in [0.2, 0.25) is 5.78 Å². The number of halogens is 3. The van der Waals surface area contributed by atoms with Gasteiger partial charge in [-0.15, -0.1) is 0 Å². The second-order valence-electron chi connectivity index (χ2n) is 5.18. The average molecular weight is 334 g/mol. The highest BCUT2D eigenvalue weighted by atomic mass is 19.4. The molecule has 0 saturated carbocycles. The van der Waals surface area contributed by atoms with Crippen molar-refractivity contribution in [2.45, 2.75) is 12.3 Å². The molecular weight excluding hydrogens is 321 g/mol. The van der Waals surface area contributed by atoms with Crippen molar-refractivity contribution < 1.29 is 22.7 Å². The van der Waals surface area contributed by atoms with Crippen molar-refractivity contribution in [3.05, 3.63) is 71.4 Å². The molecule has 7 heteroatoms. The third kappa shape index (κ3) is 2.84. The lowest BCUT2D eigenvalue weighted by Gasteiger charge is -2.10. The van der Waals surface area contributed by atoms with E-state index in [0.717, 1.165) is 12.1 Å². The van der Waals surface area contributed by atoms with Crippen LogP contribution >= 0.6 is 0 Å². The van der Waals surface area contributed by atoms with Crippen LogP contribution in [0.4, 0.5) is 13.2 Å². The van der Waals surface area contributed by atoms with Crippen molar-refractivity contribution in [1.82, 2.24) is 10.3 Å². The van der Waals surface area contributed by atoms with Gasteiger partial charge in [0.1, 0.15) is 0 Å². The molecular formula is C17H13F3N2O2. The minimum Gasteiger partial charge on any atom is -0.462 e. The Labute approximate surface area is 136 Å². The van der Waals surface area contributed by atoms with Crippen molar-refractivity contribution in [2.24, 2.45) is 0 Å². The molecule has 0 amide bonds. The maximum Gasteiger partial charge on any atom is 0.416 e. The molecule has 1 aliphatic heterocycles. The Bertz CT molecular complexity index is 801. The maximum atomic E-state index is 12.9. The van der Waals surface area contributed by atoms with E-state index in [1.165, 1.54) is 24.5 Å². The van der Waals surface area contributed by atoms with E-state index in [2.05, 4.69) is 10.3 Å². The number of hydrogen-bond donors (Lipinski definition) is 1. The Morgan fingerprint density at radius 2 is 1.88 bits per heavy atom. The van der Waals surface area contributed by atoms with E-state index in [4.69, 9.17) is 4.74 Å². The maximum absolute atomic E-state index is 12.9. The van der Waals surface area contributed by atoms with Crippen LogP contribution in [0.2, 0.25) is 0 Å². The van der Waals surface area contributed by atoms with Gasteiger partial charge in [0, 0.05) is 25.0 Å². The highest BCUT2D eigenvalue weighted by molar-refractivity contribution is 6.25. The summed E-state index contributed by atoms with van der Waals surface area (Å²) in [6.07, 6.45) is -2.34. The summed E-state index contributed by atoms with van der Waals surface area (Å²) in [5, 5.41) is 2.74. The molecule has 0 fully saturated rings. The molecule has 0 saturated heterocycles. The summed E-state index contributed by atoms with van der Waals surface area (Å²) in [4.78, 5) is 16.6. The molecule has 2 aromatic rings. The van der Waals surface area contributed by atoms with E-state index in [1.807, 2.05) is 0 Å². The number of carbonyl (C=O) groups is 1. The summed E-state index contributed by atoms with van der Waals surface area (Å²) in [6, 6.07) is 7.89. The molecule has 0 aliphatic carbocycles.